The van der Waals surface area contributed by atoms with Crippen molar-refractivity contribution < 1.29 is 9.53 Å². The van der Waals surface area contributed by atoms with E-state index in [1.807, 2.05) is 43.5 Å². The Bertz CT molecular complexity index is 773. The predicted molar refractivity (Wildman–Crippen MR) is 105 cm³/mol. The molecule has 2 aromatic rings. The van der Waals surface area contributed by atoms with E-state index in [2.05, 4.69) is 10.3 Å². The van der Waals surface area contributed by atoms with E-state index in [1.165, 1.54) is 0 Å². The number of amides is 1. The van der Waals surface area contributed by atoms with Crippen molar-refractivity contribution in [3.05, 3.63) is 47.7 Å². The second-order valence-corrected chi connectivity index (χ2v) is 7.61. The molecule has 0 spiro atoms. The van der Waals surface area contributed by atoms with Crippen LogP contribution in [0, 0.1) is 6.92 Å². The lowest BCUT2D eigenvalue weighted by Gasteiger charge is -2.27. The summed E-state index contributed by atoms with van der Waals surface area (Å²) in [5.74, 6) is 0.863. The van der Waals surface area contributed by atoms with Gasteiger partial charge in [-0.2, -0.15) is 0 Å². The Morgan fingerprint density at radius 2 is 2.04 bits per heavy atom. The molecular weight excluding hydrogens is 346 g/mol. The monoisotopic (exact) mass is 371 g/mol. The first-order valence-electron chi connectivity index (χ1n) is 8.90. The lowest BCUT2D eigenvalue weighted by atomic mass is 9.91. The molecule has 0 aliphatic heterocycles. The van der Waals surface area contributed by atoms with E-state index in [1.54, 1.807) is 18.0 Å². The summed E-state index contributed by atoms with van der Waals surface area (Å²) in [7, 11) is 0. The average Bonchev–Trinajstić information content (AvgIpc) is 2.65. The number of aryl methyl sites for hydroxylation is 1. The number of carbonyl (C=O) groups excluding carboxylic acids is 1. The highest BCUT2D eigenvalue weighted by Crippen LogP contribution is 2.27. The molecule has 138 valence electrons. The summed E-state index contributed by atoms with van der Waals surface area (Å²) >= 11 is 1.64. The zero-order valence-electron chi connectivity index (χ0n) is 15.2. The minimum Gasteiger partial charge on any atom is -0.438 e. The number of nitrogens with two attached hydrogens (primary N) is 1. The average molecular weight is 372 g/mol. The zero-order valence-corrected chi connectivity index (χ0v) is 16.0. The number of nitrogens with one attached hydrogen (secondary N) is 1. The Morgan fingerprint density at radius 3 is 2.77 bits per heavy atom. The summed E-state index contributed by atoms with van der Waals surface area (Å²) in [6.45, 7) is 1.92. The minimum absolute atomic E-state index is 0.141. The maximum absolute atomic E-state index is 12.8. The normalized spacial score (nSPS) is 19.8. The van der Waals surface area contributed by atoms with Crippen molar-refractivity contribution in [2.75, 3.05) is 6.26 Å². The van der Waals surface area contributed by atoms with Crippen molar-refractivity contribution in [2.24, 2.45) is 5.73 Å². The summed E-state index contributed by atoms with van der Waals surface area (Å²) in [5.41, 5.74) is 7.34. The van der Waals surface area contributed by atoms with Crippen LogP contribution in [0.1, 0.15) is 41.6 Å². The topological polar surface area (TPSA) is 77.2 Å². The Kier molecular flexibility index (Phi) is 6.16. The first-order valence-corrected chi connectivity index (χ1v) is 10.1. The highest BCUT2D eigenvalue weighted by atomic mass is 32.2. The van der Waals surface area contributed by atoms with E-state index in [9.17, 15) is 4.79 Å². The van der Waals surface area contributed by atoms with Crippen molar-refractivity contribution >= 4 is 17.7 Å². The fraction of sp³-hybridized carbons (Fsp3) is 0.400. The second kappa shape index (κ2) is 8.56. The highest BCUT2D eigenvalue weighted by Gasteiger charge is 2.23. The smallest absolute Gasteiger partial charge is 0.257 e. The fourth-order valence-corrected chi connectivity index (χ4v) is 3.55. The van der Waals surface area contributed by atoms with Gasteiger partial charge < -0.3 is 15.8 Å². The largest absolute Gasteiger partial charge is 0.438 e. The number of nitrogens with zero attached hydrogens (tertiary/aromatic N) is 1. The standard InChI is InChI=1S/C20H25N3O2S/c1-13-10-18(19(24)23-15-8-6-14(21)7-9-15)20(22-12-13)25-16-4-3-5-17(11-16)26-2/h3-5,10-12,14-15H,6-9,21H2,1-2H3,(H,23,24). The lowest BCUT2D eigenvalue weighted by Crippen LogP contribution is -2.40. The van der Waals surface area contributed by atoms with E-state index in [0.717, 1.165) is 36.1 Å². The first kappa shape index (κ1) is 18.7. The van der Waals surface area contributed by atoms with Crippen LogP contribution in [-0.2, 0) is 0 Å². The van der Waals surface area contributed by atoms with Gasteiger partial charge in [0.25, 0.3) is 5.91 Å². The summed E-state index contributed by atoms with van der Waals surface area (Å²) in [6.07, 6.45) is 7.45. The van der Waals surface area contributed by atoms with E-state index >= 15 is 0 Å². The van der Waals surface area contributed by atoms with E-state index in [-0.39, 0.29) is 18.0 Å². The summed E-state index contributed by atoms with van der Waals surface area (Å²) in [5, 5.41) is 3.11. The molecule has 1 amide bonds. The van der Waals surface area contributed by atoms with Crippen molar-refractivity contribution in [1.82, 2.24) is 10.3 Å². The molecule has 0 bridgehead atoms. The molecule has 1 saturated carbocycles. The number of hydrogen-bond donors (Lipinski definition) is 2. The van der Waals surface area contributed by atoms with Crippen molar-refractivity contribution in [2.45, 2.75) is 49.6 Å². The predicted octanol–water partition coefficient (Wildman–Crippen LogP) is 3.90. The Labute approximate surface area is 158 Å². The van der Waals surface area contributed by atoms with Gasteiger partial charge in [0.05, 0.1) is 0 Å². The number of aromatic nitrogens is 1. The number of rotatable bonds is 5. The van der Waals surface area contributed by atoms with Crippen LogP contribution in [0.15, 0.2) is 41.4 Å². The maximum Gasteiger partial charge on any atom is 0.257 e. The van der Waals surface area contributed by atoms with Crippen LogP contribution < -0.4 is 15.8 Å². The van der Waals surface area contributed by atoms with Gasteiger partial charge in [-0.1, -0.05) is 6.07 Å². The SMILES string of the molecule is CSc1cccc(Oc2ncc(C)cc2C(=O)NC2CCC(N)CC2)c1. The molecule has 5 nitrogen and oxygen atoms in total. The van der Waals surface area contributed by atoms with Crippen molar-refractivity contribution in [3.63, 3.8) is 0 Å². The van der Waals surface area contributed by atoms with Crippen molar-refractivity contribution in [3.8, 4) is 11.6 Å². The van der Waals surface area contributed by atoms with Gasteiger partial charge in [0, 0.05) is 23.2 Å². The van der Waals surface area contributed by atoms with Gasteiger partial charge in [-0.3, -0.25) is 4.79 Å². The van der Waals surface area contributed by atoms with Gasteiger partial charge in [-0.05, 0) is 68.7 Å². The first-order chi connectivity index (χ1) is 12.5. The molecule has 3 rings (SSSR count). The van der Waals surface area contributed by atoms with Crippen LogP contribution in [-0.4, -0.2) is 29.2 Å². The zero-order chi connectivity index (χ0) is 18.5. The molecule has 0 atom stereocenters. The Balaban J connectivity index is 1.77. The maximum atomic E-state index is 12.8. The number of benzene rings is 1. The van der Waals surface area contributed by atoms with Crippen molar-refractivity contribution in [1.29, 1.82) is 0 Å². The van der Waals surface area contributed by atoms with Gasteiger partial charge in [0.2, 0.25) is 5.88 Å². The van der Waals surface area contributed by atoms with Gasteiger partial charge in [0.15, 0.2) is 0 Å². The van der Waals surface area contributed by atoms with Crippen LogP contribution >= 0.6 is 11.8 Å². The highest BCUT2D eigenvalue weighted by molar-refractivity contribution is 7.98. The third kappa shape index (κ3) is 4.77. The van der Waals surface area contributed by atoms with Gasteiger partial charge in [-0.25, -0.2) is 4.98 Å². The molecule has 1 aliphatic rings. The van der Waals surface area contributed by atoms with Crippen LogP contribution in [0.2, 0.25) is 0 Å². The van der Waals surface area contributed by atoms with E-state index in [4.69, 9.17) is 10.5 Å². The molecule has 1 aromatic heterocycles. The van der Waals surface area contributed by atoms with Gasteiger partial charge >= 0.3 is 0 Å². The molecule has 6 heteroatoms. The number of carbonyl (C=O) groups is 1. The number of pyridine rings is 1. The molecule has 1 heterocycles. The van der Waals surface area contributed by atoms with Gasteiger partial charge in [0.1, 0.15) is 11.3 Å². The molecule has 1 aliphatic carbocycles. The number of ether oxygens (including phenoxy) is 1. The molecule has 0 radical (unpaired) electrons. The molecule has 26 heavy (non-hydrogen) atoms. The van der Waals surface area contributed by atoms with Crippen LogP contribution in [0.4, 0.5) is 0 Å². The van der Waals surface area contributed by atoms with Crippen LogP contribution in [0.5, 0.6) is 11.6 Å². The molecule has 3 N–H and O–H groups in total. The molecule has 0 saturated heterocycles. The van der Waals surface area contributed by atoms with E-state index < -0.39 is 0 Å². The summed E-state index contributed by atoms with van der Waals surface area (Å²) in [4.78, 5) is 18.3. The van der Waals surface area contributed by atoms with E-state index in [0.29, 0.717) is 17.2 Å². The molecule has 1 aromatic carbocycles. The quantitative estimate of drug-likeness (QED) is 0.780. The number of thioether (sulfide) groups is 1. The summed E-state index contributed by atoms with van der Waals surface area (Å²) < 4.78 is 5.93. The minimum atomic E-state index is -0.141. The van der Waals surface area contributed by atoms with Crippen LogP contribution in [0.25, 0.3) is 0 Å². The molecular formula is C20H25N3O2S. The third-order valence-corrected chi connectivity index (χ3v) is 5.32. The molecule has 1 fully saturated rings. The number of hydrogen-bond acceptors (Lipinski definition) is 5. The molecule has 0 unspecified atom stereocenters. The Morgan fingerprint density at radius 1 is 1.27 bits per heavy atom. The lowest BCUT2D eigenvalue weighted by molar-refractivity contribution is 0.0922. The van der Waals surface area contributed by atoms with Gasteiger partial charge in [-0.15, -0.1) is 11.8 Å². The Hall–Kier alpha value is -2.05. The third-order valence-electron chi connectivity index (χ3n) is 4.60. The summed E-state index contributed by atoms with van der Waals surface area (Å²) in [6, 6.07) is 10.00. The second-order valence-electron chi connectivity index (χ2n) is 6.73. The van der Waals surface area contributed by atoms with Crippen LogP contribution in [0.3, 0.4) is 0 Å². The fourth-order valence-electron chi connectivity index (χ4n) is 3.10.